The predicted octanol–water partition coefficient (Wildman–Crippen LogP) is -0.416. The number of hydrogen-bond acceptors (Lipinski definition) is 3. The van der Waals surface area contributed by atoms with Gasteiger partial charge in [-0.3, -0.25) is 4.79 Å². The van der Waals surface area contributed by atoms with Crippen molar-refractivity contribution >= 4 is 24.8 Å². The van der Waals surface area contributed by atoms with E-state index < -0.39 is 5.97 Å². The van der Waals surface area contributed by atoms with E-state index in [1.165, 1.54) is 5.34 Å². The number of aliphatic carboxylic acids is 1. The molecule has 0 aromatic carbocycles. The summed E-state index contributed by atoms with van der Waals surface area (Å²) in [7, 11) is 0. The molecule has 5 nitrogen and oxygen atoms in total. The maximum absolute atomic E-state index is 9.00. The van der Waals surface area contributed by atoms with E-state index in [1.807, 2.05) is 0 Å². The van der Waals surface area contributed by atoms with Crippen LogP contribution in [0.25, 0.3) is 0 Å². The molecule has 0 bridgehead atoms. The molecule has 0 aliphatic rings. The third kappa shape index (κ3) is 385. The van der Waals surface area contributed by atoms with Crippen LogP contribution in [-0.4, -0.2) is 35.1 Å². The molecule has 0 radical (unpaired) electrons. The van der Waals surface area contributed by atoms with Crippen molar-refractivity contribution in [2.45, 2.75) is 6.92 Å². The summed E-state index contributed by atoms with van der Waals surface area (Å²) in [5.74, 6) is -0.833. The molecule has 0 saturated carbocycles. The first-order valence-corrected chi connectivity index (χ1v) is 1.31. The molecule has 44 valence electrons. The van der Waals surface area contributed by atoms with Crippen molar-refractivity contribution < 1.29 is 15.1 Å². The molecular weight excluding hydrogens is 109 g/mol. The summed E-state index contributed by atoms with van der Waals surface area (Å²) in [4.78, 5) is 17.1. The van der Waals surface area contributed by atoms with Gasteiger partial charge < -0.3 is 10.3 Å². The molecule has 0 fully saturated rings. The van der Waals surface area contributed by atoms with Gasteiger partial charge in [-0.2, -0.15) is 0 Å². The van der Waals surface area contributed by atoms with Gasteiger partial charge in [-0.15, -0.1) is 4.91 Å². The van der Waals surface area contributed by atoms with Crippen LogP contribution >= 0.6 is 0 Å². The van der Waals surface area contributed by atoms with E-state index in [9.17, 15) is 0 Å². The monoisotopic (exact) mass is 115 g/mol. The van der Waals surface area contributed by atoms with Crippen LogP contribution in [0.1, 0.15) is 6.92 Å². The van der Waals surface area contributed by atoms with Crippen LogP contribution in [0.3, 0.4) is 0 Å². The van der Waals surface area contributed by atoms with Crippen LogP contribution in [0.5, 0.6) is 0 Å². The van der Waals surface area contributed by atoms with Crippen LogP contribution in [-0.2, 0) is 4.79 Å². The van der Waals surface area contributed by atoms with Crippen molar-refractivity contribution in [2.24, 2.45) is 5.34 Å². The van der Waals surface area contributed by atoms with Crippen LogP contribution < -0.4 is 0 Å². The second-order valence-corrected chi connectivity index (χ2v) is 0.601. The Morgan fingerprint density at radius 3 is 1.62 bits per heavy atom. The Kier molecular flexibility index (Phi) is 31.5. The summed E-state index contributed by atoms with van der Waals surface area (Å²) in [6.45, 7) is 1.08. The van der Waals surface area contributed by atoms with Gasteiger partial charge >= 0.3 is 18.9 Å². The molecular formula is C2H6LiNO4. The van der Waals surface area contributed by atoms with Crippen molar-refractivity contribution in [3.63, 3.8) is 0 Å². The first-order valence-electron chi connectivity index (χ1n) is 1.31. The number of carboxylic acids is 1. The van der Waals surface area contributed by atoms with Crippen LogP contribution in [0.4, 0.5) is 0 Å². The van der Waals surface area contributed by atoms with Gasteiger partial charge in [0, 0.05) is 6.92 Å². The van der Waals surface area contributed by atoms with E-state index in [4.69, 9.17) is 20.0 Å². The molecule has 0 atom stereocenters. The molecule has 2 N–H and O–H groups in total. The average Bonchev–Trinajstić information content (AvgIpc) is 1.33. The molecule has 8 heavy (non-hydrogen) atoms. The van der Waals surface area contributed by atoms with Gasteiger partial charge in [0.25, 0.3) is 5.97 Å². The van der Waals surface area contributed by atoms with E-state index in [0.717, 1.165) is 6.92 Å². The third-order valence-electron chi connectivity index (χ3n) is 0. The minimum absolute atomic E-state index is 0. The first-order chi connectivity index (χ1) is 3.15. The van der Waals surface area contributed by atoms with E-state index >= 15 is 0 Å². The Bertz CT molecular complexity index is 61.1. The fourth-order valence-electron chi connectivity index (χ4n) is 0. The second-order valence-electron chi connectivity index (χ2n) is 0.601. The summed E-state index contributed by atoms with van der Waals surface area (Å²) in [6.07, 6.45) is 0. The molecule has 0 amide bonds. The molecule has 0 aliphatic carbocycles. The first kappa shape index (κ1) is 15.7. The Labute approximate surface area is 57.8 Å². The van der Waals surface area contributed by atoms with E-state index in [-0.39, 0.29) is 18.9 Å². The van der Waals surface area contributed by atoms with Crippen molar-refractivity contribution in [1.29, 1.82) is 0 Å². The van der Waals surface area contributed by atoms with E-state index in [2.05, 4.69) is 0 Å². The molecule has 0 saturated heterocycles. The summed E-state index contributed by atoms with van der Waals surface area (Å²) < 4.78 is 0. The normalized spacial score (nSPS) is 4.62. The number of nitrogens with zero attached hydrogens (tertiary/aromatic N) is 1. The molecule has 6 heteroatoms. The zero-order valence-corrected chi connectivity index (χ0v) is 3.66. The quantitative estimate of drug-likeness (QED) is 0.255. The average molecular weight is 115 g/mol. The topological polar surface area (TPSA) is 87.0 Å². The van der Waals surface area contributed by atoms with E-state index in [1.54, 1.807) is 0 Å². The van der Waals surface area contributed by atoms with Crippen molar-refractivity contribution in [3.05, 3.63) is 4.91 Å². The molecule has 0 spiro atoms. The van der Waals surface area contributed by atoms with E-state index in [0.29, 0.717) is 0 Å². The molecule has 0 rings (SSSR count). The van der Waals surface area contributed by atoms with Crippen LogP contribution in [0, 0.1) is 4.91 Å². The van der Waals surface area contributed by atoms with Gasteiger partial charge in [-0.25, -0.2) is 0 Å². The standard InChI is InChI=1S/C2H4O2.Li.HNO2.H/c1-2(3)4;;2-1-3;/h1H3,(H,3,4);;(H,2,3);. The Morgan fingerprint density at radius 2 is 1.62 bits per heavy atom. The molecule has 0 aromatic heterocycles. The summed E-state index contributed by atoms with van der Waals surface area (Å²) in [5, 5.41) is 15.3. The SMILES string of the molecule is CC(=O)O.O=NO.[LiH]. The van der Waals surface area contributed by atoms with Crippen LogP contribution in [0.2, 0.25) is 0 Å². The third-order valence-corrected chi connectivity index (χ3v) is 0. The number of carboxylic acid groups (broad SMARTS) is 1. The molecule has 0 heterocycles. The summed E-state index contributed by atoms with van der Waals surface area (Å²) in [6, 6.07) is 0. The van der Waals surface area contributed by atoms with Gasteiger partial charge in [-0.05, 0) is 0 Å². The summed E-state index contributed by atoms with van der Waals surface area (Å²) >= 11 is 0. The van der Waals surface area contributed by atoms with Gasteiger partial charge in [0.15, 0.2) is 5.34 Å². The van der Waals surface area contributed by atoms with Crippen LogP contribution in [0.15, 0.2) is 5.34 Å². The Balaban J connectivity index is -0.0000000575. The fourth-order valence-corrected chi connectivity index (χ4v) is 0. The van der Waals surface area contributed by atoms with Gasteiger partial charge in [0.2, 0.25) is 0 Å². The summed E-state index contributed by atoms with van der Waals surface area (Å²) in [5.41, 5.74) is 0. The van der Waals surface area contributed by atoms with Crippen molar-refractivity contribution in [3.8, 4) is 0 Å². The molecule has 0 aliphatic heterocycles. The second kappa shape index (κ2) is 16.1. The fraction of sp³-hybridized carbons (Fsp3) is 0.500. The zero-order valence-electron chi connectivity index (χ0n) is 3.66. The van der Waals surface area contributed by atoms with Crippen molar-refractivity contribution in [2.75, 3.05) is 0 Å². The number of rotatable bonds is 0. The van der Waals surface area contributed by atoms with Crippen molar-refractivity contribution in [1.82, 2.24) is 0 Å². The zero-order chi connectivity index (χ0) is 6.28. The van der Waals surface area contributed by atoms with Gasteiger partial charge in [0.05, 0.1) is 0 Å². The Hall–Kier alpha value is -0.533. The maximum atomic E-state index is 9.00. The Morgan fingerprint density at radius 1 is 1.62 bits per heavy atom. The van der Waals surface area contributed by atoms with Gasteiger partial charge in [-0.1, -0.05) is 0 Å². The predicted molar refractivity (Wildman–Crippen MR) is 28.0 cm³/mol. The number of hydrogen-bond donors (Lipinski definition) is 2. The minimum atomic E-state index is -0.833. The number of carbonyl (C=O) groups is 1. The molecule has 0 aromatic rings. The van der Waals surface area contributed by atoms with Gasteiger partial charge in [0.1, 0.15) is 0 Å². The molecule has 0 unspecified atom stereocenters.